The fraction of sp³-hybridized carbons (Fsp3) is 0.312. The molecule has 7 heteroatoms. The monoisotopic (exact) mass is 314 g/mol. The van der Waals surface area contributed by atoms with Crippen molar-refractivity contribution in [2.45, 2.75) is 0 Å². The lowest BCUT2D eigenvalue weighted by Crippen LogP contribution is -2.27. The van der Waals surface area contributed by atoms with E-state index in [1.807, 2.05) is 6.07 Å². The first-order valence-electron chi connectivity index (χ1n) is 7.04. The molecule has 1 aromatic carbocycles. The molecule has 0 saturated heterocycles. The quantitative estimate of drug-likeness (QED) is 0.496. The Bertz CT molecular complexity index is 868. The van der Waals surface area contributed by atoms with Gasteiger partial charge in [-0.25, -0.2) is 4.79 Å². The number of nitrogens with zero attached hydrogens (tertiary/aromatic N) is 3. The molecule has 120 valence electrons. The van der Waals surface area contributed by atoms with E-state index in [0.29, 0.717) is 18.7 Å². The Morgan fingerprint density at radius 1 is 1.35 bits per heavy atom. The number of nitrogens with one attached hydrogen (secondary N) is 1. The number of aromatic nitrogens is 2. The largest absolute Gasteiger partial charge is 0.383 e. The van der Waals surface area contributed by atoms with Gasteiger partial charge in [0, 0.05) is 27.7 Å². The van der Waals surface area contributed by atoms with Crippen molar-refractivity contribution < 1.29 is 9.53 Å². The average Bonchev–Trinajstić information content (AvgIpc) is 2.77. The van der Waals surface area contributed by atoms with Crippen molar-refractivity contribution in [2.75, 3.05) is 20.3 Å². The second-order valence-corrected chi connectivity index (χ2v) is 5.07. The van der Waals surface area contributed by atoms with E-state index in [4.69, 9.17) is 10.00 Å². The standard InChI is InChI=1S/C16H18N4O3/c1-19-13-5-4-11(9-14(13)20(2)16(19)22)8-12(10-17)15(21)18-6-7-23-3/h4-5,8-9H,6-7H2,1-3H3,(H,18,21). The maximum Gasteiger partial charge on any atom is 0.328 e. The molecule has 0 aliphatic heterocycles. The molecule has 1 aromatic heterocycles. The number of rotatable bonds is 5. The topological polar surface area (TPSA) is 89.1 Å². The van der Waals surface area contributed by atoms with Gasteiger partial charge in [0.1, 0.15) is 11.6 Å². The third-order valence-corrected chi connectivity index (χ3v) is 3.56. The minimum absolute atomic E-state index is 0.00128. The SMILES string of the molecule is COCCNC(=O)C(C#N)=Cc1ccc2c(c1)n(C)c(=O)n2C. The highest BCUT2D eigenvalue weighted by atomic mass is 16.5. The van der Waals surface area contributed by atoms with Crippen LogP contribution in [0.4, 0.5) is 0 Å². The van der Waals surface area contributed by atoms with Gasteiger partial charge in [0.25, 0.3) is 5.91 Å². The van der Waals surface area contributed by atoms with Crippen LogP contribution >= 0.6 is 0 Å². The van der Waals surface area contributed by atoms with Crippen LogP contribution < -0.4 is 11.0 Å². The van der Waals surface area contributed by atoms with Gasteiger partial charge in [-0.05, 0) is 23.8 Å². The summed E-state index contributed by atoms with van der Waals surface area (Å²) in [6.07, 6.45) is 1.50. The molecule has 0 bridgehead atoms. The molecule has 2 aromatic rings. The van der Waals surface area contributed by atoms with Crippen LogP contribution in [0.1, 0.15) is 5.56 Å². The summed E-state index contributed by atoms with van der Waals surface area (Å²) in [6, 6.07) is 7.22. The number of benzene rings is 1. The van der Waals surface area contributed by atoms with Crippen LogP contribution in [0.25, 0.3) is 17.1 Å². The van der Waals surface area contributed by atoms with Crippen molar-refractivity contribution in [3.8, 4) is 6.07 Å². The van der Waals surface area contributed by atoms with E-state index in [1.165, 1.54) is 17.8 Å². The second-order valence-electron chi connectivity index (χ2n) is 5.07. The van der Waals surface area contributed by atoms with E-state index >= 15 is 0 Å². The van der Waals surface area contributed by atoms with E-state index in [0.717, 1.165) is 11.0 Å². The van der Waals surface area contributed by atoms with E-state index in [2.05, 4.69) is 5.32 Å². The van der Waals surface area contributed by atoms with Crippen LogP contribution in [-0.2, 0) is 23.6 Å². The Balaban J connectivity index is 2.35. The molecule has 0 saturated carbocycles. The summed E-state index contributed by atoms with van der Waals surface area (Å²) in [7, 11) is 4.91. The molecule has 1 heterocycles. The average molecular weight is 314 g/mol. The molecule has 0 unspecified atom stereocenters. The van der Waals surface area contributed by atoms with Crippen LogP contribution in [0.2, 0.25) is 0 Å². The first-order chi connectivity index (χ1) is 11.0. The van der Waals surface area contributed by atoms with Gasteiger partial charge in [0.05, 0.1) is 17.6 Å². The third kappa shape index (κ3) is 3.33. The molecule has 1 amide bonds. The van der Waals surface area contributed by atoms with E-state index < -0.39 is 5.91 Å². The summed E-state index contributed by atoms with van der Waals surface area (Å²) in [4.78, 5) is 23.8. The van der Waals surface area contributed by atoms with Gasteiger partial charge in [-0.2, -0.15) is 5.26 Å². The lowest BCUT2D eigenvalue weighted by Gasteiger charge is -2.03. The molecule has 7 nitrogen and oxygen atoms in total. The molecule has 0 fully saturated rings. The minimum atomic E-state index is -0.452. The molecule has 0 radical (unpaired) electrons. The summed E-state index contributed by atoms with van der Waals surface area (Å²) in [5, 5.41) is 11.8. The molecule has 2 rings (SSSR count). The molecule has 1 N–H and O–H groups in total. The van der Waals surface area contributed by atoms with Crippen molar-refractivity contribution >= 4 is 23.0 Å². The summed E-state index contributed by atoms with van der Waals surface area (Å²) in [5.41, 5.74) is 2.08. The number of carbonyl (C=O) groups excluding carboxylic acids is 1. The molecule has 0 aliphatic carbocycles. The molecule has 23 heavy (non-hydrogen) atoms. The van der Waals surface area contributed by atoms with Crippen LogP contribution in [0.3, 0.4) is 0 Å². The smallest absolute Gasteiger partial charge is 0.328 e. The minimum Gasteiger partial charge on any atom is -0.383 e. The lowest BCUT2D eigenvalue weighted by molar-refractivity contribution is -0.117. The van der Waals surface area contributed by atoms with Crippen LogP contribution in [0, 0.1) is 11.3 Å². The number of hydrogen-bond donors (Lipinski definition) is 1. The summed E-state index contributed by atoms with van der Waals surface area (Å²) < 4.78 is 7.92. The van der Waals surface area contributed by atoms with Crippen molar-refractivity contribution in [1.82, 2.24) is 14.5 Å². The zero-order valence-electron chi connectivity index (χ0n) is 13.3. The normalized spacial score (nSPS) is 11.5. The van der Waals surface area contributed by atoms with Crippen molar-refractivity contribution in [3.05, 3.63) is 39.8 Å². The number of amides is 1. The zero-order valence-corrected chi connectivity index (χ0v) is 13.3. The number of fused-ring (bicyclic) bond motifs is 1. The number of carbonyl (C=O) groups is 1. The van der Waals surface area contributed by atoms with Gasteiger partial charge in [-0.15, -0.1) is 0 Å². The first kappa shape index (κ1) is 16.5. The van der Waals surface area contributed by atoms with Crippen molar-refractivity contribution in [2.24, 2.45) is 14.1 Å². The number of nitriles is 1. The Morgan fingerprint density at radius 2 is 2.04 bits per heavy atom. The summed E-state index contributed by atoms with van der Waals surface area (Å²) in [6.45, 7) is 0.711. The van der Waals surface area contributed by atoms with Crippen molar-refractivity contribution in [3.63, 3.8) is 0 Å². The van der Waals surface area contributed by atoms with E-state index in [-0.39, 0.29) is 11.3 Å². The molecular weight excluding hydrogens is 296 g/mol. The Labute approximate surface area is 133 Å². The number of hydrogen-bond acceptors (Lipinski definition) is 4. The molecule has 0 spiro atoms. The Kier molecular flexibility index (Phi) is 4.98. The number of imidazole rings is 1. The first-order valence-corrected chi connectivity index (χ1v) is 7.04. The fourth-order valence-corrected chi connectivity index (χ4v) is 2.29. The number of methoxy groups -OCH3 is 1. The highest BCUT2D eigenvalue weighted by molar-refractivity contribution is 6.02. The van der Waals surface area contributed by atoms with Gasteiger partial charge in [-0.1, -0.05) is 6.07 Å². The summed E-state index contributed by atoms with van der Waals surface area (Å²) in [5.74, 6) is -0.452. The van der Waals surface area contributed by atoms with Gasteiger partial charge in [0.2, 0.25) is 0 Å². The lowest BCUT2D eigenvalue weighted by atomic mass is 10.1. The Hall–Kier alpha value is -2.85. The van der Waals surface area contributed by atoms with Gasteiger partial charge >= 0.3 is 5.69 Å². The predicted molar refractivity (Wildman–Crippen MR) is 86.6 cm³/mol. The van der Waals surface area contributed by atoms with E-state index in [9.17, 15) is 9.59 Å². The second kappa shape index (κ2) is 6.94. The van der Waals surface area contributed by atoms with Gasteiger partial charge in [0.15, 0.2) is 0 Å². The van der Waals surface area contributed by atoms with E-state index in [1.54, 1.807) is 36.9 Å². The highest BCUT2D eigenvalue weighted by Crippen LogP contribution is 2.16. The Morgan fingerprint density at radius 3 is 2.70 bits per heavy atom. The fourth-order valence-electron chi connectivity index (χ4n) is 2.29. The molecule has 0 aliphatic rings. The maximum atomic E-state index is 11.9. The number of ether oxygens (including phenoxy) is 1. The predicted octanol–water partition coefficient (Wildman–Crippen LogP) is 0.547. The van der Waals surface area contributed by atoms with Crippen LogP contribution in [0.5, 0.6) is 0 Å². The zero-order chi connectivity index (χ0) is 17.0. The molecule has 0 atom stereocenters. The van der Waals surface area contributed by atoms with Crippen molar-refractivity contribution in [1.29, 1.82) is 5.26 Å². The number of aryl methyl sites for hydroxylation is 2. The highest BCUT2D eigenvalue weighted by Gasteiger charge is 2.10. The molecular formula is C16H18N4O3. The van der Waals surface area contributed by atoms with Crippen LogP contribution in [-0.4, -0.2) is 35.3 Å². The van der Waals surface area contributed by atoms with Gasteiger partial charge < -0.3 is 10.1 Å². The van der Waals surface area contributed by atoms with Gasteiger partial charge in [-0.3, -0.25) is 13.9 Å². The van der Waals surface area contributed by atoms with Crippen LogP contribution in [0.15, 0.2) is 28.6 Å². The summed E-state index contributed by atoms with van der Waals surface area (Å²) >= 11 is 0. The maximum absolute atomic E-state index is 11.9. The third-order valence-electron chi connectivity index (χ3n) is 3.56.